The van der Waals surface area contributed by atoms with E-state index in [-0.39, 0.29) is 4.90 Å². The molecule has 1 aromatic heterocycles. The monoisotopic (exact) mass is 278 g/mol. The van der Waals surface area contributed by atoms with Crippen LogP contribution in [0.5, 0.6) is 0 Å². The molecule has 0 amide bonds. The second kappa shape index (κ2) is 4.58. The van der Waals surface area contributed by atoms with E-state index in [1.54, 1.807) is 18.3 Å². The Morgan fingerprint density at radius 2 is 1.89 bits per heavy atom. The van der Waals surface area contributed by atoms with Crippen molar-refractivity contribution in [3.63, 3.8) is 0 Å². The Labute approximate surface area is 113 Å². The molecule has 2 rings (SSSR count). The molecule has 0 saturated heterocycles. The number of nitrogens with one attached hydrogen (secondary N) is 1. The van der Waals surface area contributed by atoms with Gasteiger partial charge < -0.3 is 0 Å². The molecule has 0 radical (unpaired) electrons. The number of hydrogen-bond acceptors (Lipinski definition) is 3. The summed E-state index contributed by atoms with van der Waals surface area (Å²) in [6.07, 6.45) is 1.68. The van der Waals surface area contributed by atoms with Crippen molar-refractivity contribution in [2.45, 2.75) is 38.1 Å². The average molecular weight is 278 g/mol. The topological polar surface area (TPSA) is 59.1 Å². The summed E-state index contributed by atoms with van der Waals surface area (Å²) in [6.45, 7) is 7.37. The third kappa shape index (κ3) is 3.11. The molecule has 19 heavy (non-hydrogen) atoms. The highest BCUT2D eigenvalue weighted by Crippen LogP contribution is 2.22. The van der Waals surface area contributed by atoms with Gasteiger partial charge >= 0.3 is 0 Å². The lowest BCUT2D eigenvalue weighted by molar-refractivity contribution is 0.492. The number of sulfonamides is 1. The Kier molecular flexibility index (Phi) is 3.36. The first kappa shape index (κ1) is 14.0. The predicted molar refractivity (Wildman–Crippen MR) is 76.6 cm³/mol. The number of fused-ring (bicyclic) bond motifs is 1. The molecule has 102 valence electrons. The SMILES string of the molecule is Cc1cnc2c(S(=O)(=O)NC(C)(C)C)cccc2c1. The largest absolute Gasteiger partial charge is 0.255 e. The van der Waals surface area contributed by atoms with Crippen LogP contribution in [0, 0.1) is 6.92 Å². The molecule has 0 unspecified atom stereocenters. The van der Waals surface area contributed by atoms with Crippen molar-refractivity contribution in [3.05, 3.63) is 36.0 Å². The van der Waals surface area contributed by atoms with Gasteiger partial charge in [0.05, 0.1) is 5.52 Å². The minimum Gasteiger partial charge on any atom is -0.255 e. The van der Waals surface area contributed by atoms with Gasteiger partial charge in [0.2, 0.25) is 10.0 Å². The van der Waals surface area contributed by atoms with Gasteiger partial charge in [0, 0.05) is 17.1 Å². The average Bonchev–Trinajstić information content (AvgIpc) is 2.24. The molecule has 1 aromatic carbocycles. The Hall–Kier alpha value is -1.46. The van der Waals surface area contributed by atoms with E-state index in [1.807, 2.05) is 39.8 Å². The molecule has 0 aliphatic carbocycles. The number of rotatable bonds is 2. The first-order valence-electron chi connectivity index (χ1n) is 6.08. The van der Waals surface area contributed by atoms with Gasteiger partial charge in [-0.15, -0.1) is 0 Å². The standard InChI is InChI=1S/C14H18N2O2S/c1-10-8-11-6-5-7-12(13(11)15-9-10)19(17,18)16-14(2,3)4/h5-9,16H,1-4H3. The fourth-order valence-corrected chi connectivity index (χ4v) is 3.52. The van der Waals surface area contributed by atoms with Crippen LogP contribution in [0.25, 0.3) is 10.9 Å². The van der Waals surface area contributed by atoms with Crippen molar-refractivity contribution in [2.24, 2.45) is 0 Å². The first-order valence-corrected chi connectivity index (χ1v) is 7.57. The summed E-state index contributed by atoms with van der Waals surface area (Å²) in [4.78, 5) is 4.48. The molecule has 5 heteroatoms. The van der Waals surface area contributed by atoms with E-state index in [2.05, 4.69) is 9.71 Å². The molecular formula is C14H18N2O2S. The van der Waals surface area contributed by atoms with E-state index < -0.39 is 15.6 Å². The fraction of sp³-hybridized carbons (Fsp3) is 0.357. The lowest BCUT2D eigenvalue weighted by atomic mass is 10.1. The van der Waals surface area contributed by atoms with Crippen LogP contribution in [0.4, 0.5) is 0 Å². The van der Waals surface area contributed by atoms with Crippen LogP contribution < -0.4 is 4.72 Å². The lowest BCUT2D eigenvalue weighted by Crippen LogP contribution is -2.40. The number of hydrogen-bond donors (Lipinski definition) is 1. The first-order chi connectivity index (χ1) is 8.69. The van der Waals surface area contributed by atoms with Gasteiger partial charge in [-0.3, -0.25) is 4.98 Å². The minimum absolute atomic E-state index is 0.222. The van der Waals surface area contributed by atoms with Crippen LogP contribution in [-0.2, 0) is 10.0 Å². The summed E-state index contributed by atoms with van der Waals surface area (Å²) in [5, 5.41) is 0.830. The molecule has 0 aliphatic rings. The van der Waals surface area contributed by atoms with Gasteiger partial charge in [0.1, 0.15) is 4.90 Å². The van der Waals surface area contributed by atoms with Crippen LogP contribution >= 0.6 is 0 Å². The fourth-order valence-electron chi connectivity index (χ4n) is 1.92. The van der Waals surface area contributed by atoms with Crippen LogP contribution in [0.1, 0.15) is 26.3 Å². The van der Waals surface area contributed by atoms with Crippen LogP contribution in [0.2, 0.25) is 0 Å². The second-order valence-electron chi connectivity index (χ2n) is 5.70. The summed E-state index contributed by atoms with van der Waals surface area (Å²) < 4.78 is 27.4. The number of benzene rings is 1. The van der Waals surface area contributed by atoms with E-state index in [4.69, 9.17) is 0 Å². The Morgan fingerprint density at radius 1 is 1.21 bits per heavy atom. The van der Waals surface area contributed by atoms with E-state index >= 15 is 0 Å². The molecule has 1 heterocycles. The maximum atomic E-state index is 12.4. The molecular weight excluding hydrogens is 260 g/mol. The number of nitrogens with zero attached hydrogens (tertiary/aromatic N) is 1. The Balaban J connectivity index is 2.63. The van der Waals surface area contributed by atoms with Gasteiger partial charge in [-0.25, -0.2) is 13.1 Å². The third-order valence-electron chi connectivity index (χ3n) is 2.54. The zero-order valence-electron chi connectivity index (χ0n) is 11.6. The summed E-state index contributed by atoms with van der Waals surface area (Å²) in [5.41, 5.74) is 0.988. The predicted octanol–water partition coefficient (Wildman–Crippen LogP) is 2.62. The Bertz CT molecular complexity index is 716. The lowest BCUT2D eigenvalue weighted by Gasteiger charge is -2.20. The van der Waals surface area contributed by atoms with Gasteiger partial charge in [-0.2, -0.15) is 0 Å². The number of pyridine rings is 1. The van der Waals surface area contributed by atoms with Gasteiger partial charge in [0.25, 0.3) is 0 Å². The van der Waals surface area contributed by atoms with Crippen LogP contribution in [0.15, 0.2) is 35.4 Å². The van der Waals surface area contributed by atoms with Crippen molar-refractivity contribution in [1.29, 1.82) is 0 Å². The summed E-state index contributed by atoms with van der Waals surface area (Å²) in [7, 11) is -3.57. The van der Waals surface area contributed by atoms with Crippen LogP contribution in [0.3, 0.4) is 0 Å². The minimum atomic E-state index is -3.57. The highest BCUT2D eigenvalue weighted by atomic mass is 32.2. The van der Waals surface area contributed by atoms with Crippen LogP contribution in [-0.4, -0.2) is 18.9 Å². The molecule has 2 aromatic rings. The zero-order chi connectivity index (χ0) is 14.3. The number of aryl methyl sites for hydroxylation is 1. The molecule has 0 aliphatic heterocycles. The molecule has 0 fully saturated rings. The van der Waals surface area contributed by atoms with Crippen molar-refractivity contribution >= 4 is 20.9 Å². The normalized spacial score (nSPS) is 12.8. The maximum absolute atomic E-state index is 12.4. The smallest absolute Gasteiger partial charge is 0.243 e. The van der Waals surface area contributed by atoms with Crippen molar-refractivity contribution in [3.8, 4) is 0 Å². The van der Waals surface area contributed by atoms with Gasteiger partial charge in [0.15, 0.2) is 0 Å². The van der Waals surface area contributed by atoms with E-state index in [0.29, 0.717) is 5.52 Å². The van der Waals surface area contributed by atoms with Gasteiger partial charge in [-0.05, 0) is 45.4 Å². The summed E-state index contributed by atoms with van der Waals surface area (Å²) >= 11 is 0. The van der Waals surface area contributed by atoms with Crippen molar-refractivity contribution in [1.82, 2.24) is 9.71 Å². The molecule has 4 nitrogen and oxygen atoms in total. The third-order valence-corrected chi connectivity index (χ3v) is 4.33. The number of aromatic nitrogens is 1. The van der Waals surface area contributed by atoms with Crippen molar-refractivity contribution in [2.75, 3.05) is 0 Å². The second-order valence-corrected chi connectivity index (χ2v) is 7.35. The molecule has 0 atom stereocenters. The maximum Gasteiger partial charge on any atom is 0.243 e. The molecule has 0 saturated carbocycles. The molecule has 1 N–H and O–H groups in total. The van der Waals surface area contributed by atoms with E-state index in [9.17, 15) is 8.42 Å². The van der Waals surface area contributed by atoms with Crippen molar-refractivity contribution < 1.29 is 8.42 Å². The molecule has 0 spiro atoms. The van der Waals surface area contributed by atoms with Gasteiger partial charge in [-0.1, -0.05) is 12.1 Å². The highest BCUT2D eigenvalue weighted by molar-refractivity contribution is 7.89. The van der Waals surface area contributed by atoms with E-state index in [1.165, 1.54) is 0 Å². The highest BCUT2D eigenvalue weighted by Gasteiger charge is 2.24. The quantitative estimate of drug-likeness (QED) is 0.918. The number of para-hydroxylation sites is 1. The molecule has 0 bridgehead atoms. The van der Waals surface area contributed by atoms with E-state index in [0.717, 1.165) is 10.9 Å². The zero-order valence-corrected chi connectivity index (χ0v) is 12.4. The summed E-state index contributed by atoms with van der Waals surface area (Å²) in [5.74, 6) is 0. The Morgan fingerprint density at radius 3 is 2.53 bits per heavy atom. The summed E-state index contributed by atoms with van der Waals surface area (Å²) in [6, 6.07) is 7.11.